The van der Waals surface area contributed by atoms with Crippen LogP contribution in [0.15, 0.2) is 0 Å². The van der Waals surface area contributed by atoms with Gasteiger partial charge >= 0.3 is 0 Å². The predicted molar refractivity (Wildman–Crippen MR) is 52.0 cm³/mol. The molecule has 0 aromatic carbocycles. The Bertz CT molecular complexity index is 175. The average molecular weight is 202 g/mol. The van der Waals surface area contributed by atoms with Crippen LogP contribution in [0.25, 0.3) is 0 Å². The number of piperazine rings is 1. The van der Waals surface area contributed by atoms with Crippen molar-refractivity contribution < 1.29 is 14.6 Å². The zero-order valence-corrected chi connectivity index (χ0v) is 8.37. The molecule has 0 aromatic rings. The van der Waals surface area contributed by atoms with Crippen LogP contribution in [0.3, 0.4) is 0 Å². The molecule has 1 aliphatic rings. The van der Waals surface area contributed by atoms with Crippen molar-refractivity contribution in [2.75, 3.05) is 46.0 Å². The molecule has 0 saturated carbocycles. The second-order valence-electron chi connectivity index (χ2n) is 3.32. The molecule has 0 bridgehead atoms. The molecule has 82 valence electrons. The van der Waals surface area contributed by atoms with Crippen LogP contribution in [-0.2, 0) is 9.53 Å². The maximum Gasteiger partial charge on any atom is 0.234 e. The number of carbonyl (C=O) groups is 1. The number of hydrogen-bond donors (Lipinski definition) is 2. The van der Waals surface area contributed by atoms with E-state index in [1.54, 1.807) is 0 Å². The van der Waals surface area contributed by atoms with Crippen LogP contribution in [0.4, 0.5) is 0 Å². The van der Waals surface area contributed by atoms with Crippen molar-refractivity contribution >= 4 is 5.91 Å². The molecule has 1 fully saturated rings. The van der Waals surface area contributed by atoms with E-state index in [2.05, 4.69) is 10.2 Å². The zero-order valence-electron chi connectivity index (χ0n) is 8.37. The molecule has 5 heteroatoms. The fraction of sp³-hybridized carbons (Fsp3) is 0.889. The lowest BCUT2D eigenvalue weighted by molar-refractivity contribution is -0.124. The van der Waals surface area contributed by atoms with E-state index in [1.807, 2.05) is 0 Å². The van der Waals surface area contributed by atoms with Gasteiger partial charge in [-0.15, -0.1) is 0 Å². The van der Waals surface area contributed by atoms with Gasteiger partial charge in [-0.05, 0) is 6.42 Å². The Kier molecular flexibility index (Phi) is 5.51. The monoisotopic (exact) mass is 202 g/mol. The third-order valence-corrected chi connectivity index (χ3v) is 2.12. The molecule has 0 spiro atoms. The molecule has 1 rings (SSSR count). The molecule has 0 aliphatic carbocycles. The highest BCUT2D eigenvalue weighted by Gasteiger charge is 2.14. The normalized spacial score (nSPS) is 18.2. The quantitative estimate of drug-likeness (QED) is 0.532. The number of nitrogens with one attached hydrogen (secondary N) is 1. The van der Waals surface area contributed by atoms with Crippen LogP contribution in [0, 0.1) is 0 Å². The molecule has 14 heavy (non-hydrogen) atoms. The van der Waals surface area contributed by atoms with Gasteiger partial charge in [-0.3, -0.25) is 9.69 Å². The van der Waals surface area contributed by atoms with Crippen molar-refractivity contribution in [2.45, 2.75) is 6.42 Å². The third kappa shape index (κ3) is 4.55. The highest BCUT2D eigenvalue weighted by Crippen LogP contribution is 1.95. The largest absolute Gasteiger partial charge is 0.394 e. The van der Waals surface area contributed by atoms with Gasteiger partial charge in [0.2, 0.25) is 5.91 Å². The van der Waals surface area contributed by atoms with E-state index >= 15 is 0 Å². The molecular weight excluding hydrogens is 184 g/mol. The minimum Gasteiger partial charge on any atom is -0.394 e. The molecule has 0 unspecified atom stereocenters. The number of nitrogens with zero attached hydrogens (tertiary/aromatic N) is 1. The predicted octanol–water partition coefficient (Wildman–Crippen LogP) is -1.18. The molecule has 1 saturated heterocycles. The lowest BCUT2D eigenvalue weighted by Gasteiger charge is -2.26. The van der Waals surface area contributed by atoms with Crippen LogP contribution in [-0.4, -0.2) is 61.9 Å². The summed E-state index contributed by atoms with van der Waals surface area (Å²) in [6.45, 7) is 4.19. The smallest absolute Gasteiger partial charge is 0.234 e. The molecule has 1 aliphatic heterocycles. The van der Waals surface area contributed by atoms with Gasteiger partial charge in [0.15, 0.2) is 0 Å². The average Bonchev–Trinajstić information content (AvgIpc) is 2.18. The van der Waals surface area contributed by atoms with Crippen LogP contribution in [0.1, 0.15) is 6.42 Å². The maximum absolute atomic E-state index is 11.0. The Balaban J connectivity index is 1.97. The minimum absolute atomic E-state index is 0.0755. The number of ether oxygens (including phenoxy) is 1. The number of carbonyl (C=O) groups excluding carboxylic acids is 1. The highest BCUT2D eigenvalue weighted by atomic mass is 16.5. The van der Waals surface area contributed by atoms with Crippen LogP contribution < -0.4 is 5.32 Å². The summed E-state index contributed by atoms with van der Waals surface area (Å²) in [6, 6.07) is 0. The van der Waals surface area contributed by atoms with Crippen molar-refractivity contribution in [1.82, 2.24) is 10.2 Å². The summed E-state index contributed by atoms with van der Waals surface area (Å²) in [6.07, 6.45) is 0.910. The SMILES string of the molecule is O=C1CN(CCCOCCO)CCN1. The second-order valence-corrected chi connectivity index (χ2v) is 3.32. The minimum atomic E-state index is 0.0755. The van der Waals surface area contributed by atoms with Crippen molar-refractivity contribution in [3.05, 3.63) is 0 Å². The van der Waals surface area contributed by atoms with Crippen molar-refractivity contribution in [3.63, 3.8) is 0 Å². The fourth-order valence-corrected chi connectivity index (χ4v) is 1.44. The van der Waals surface area contributed by atoms with Gasteiger partial charge in [-0.2, -0.15) is 0 Å². The summed E-state index contributed by atoms with van der Waals surface area (Å²) < 4.78 is 5.12. The molecule has 5 nitrogen and oxygen atoms in total. The number of rotatable bonds is 6. The summed E-state index contributed by atoms with van der Waals surface area (Å²) in [5, 5.41) is 11.2. The van der Waals surface area contributed by atoms with Gasteiger partial charge in [-0.1, -0.05) is 0 Å². The standard InChI is InChI=1S/C9H18N2O3/c12-5-7-14-6-1-3-11-4-2-10-9(13)8-11/h12H,1-8H2,(H,10,13). The Morgan fingerprint density at radius 3 is 3.07 bits per heavy atom. The van der Waals surface area contributed by atoms with Crippen molar-refractivity contribution in [1.29, 1.82) is 0 Å². The summed E-state index contributed by atoms with van der Waals surface area (Å²) in [5.41, 5.74) is 0. The van der Waals surface area contributed by atoms with Crippen LogP contribution in [0.2, 0.25) is 0 Å². The Morgan fingerprint density at radius 1 is 1.50 bits per heavy atom. The summed E-state index contributed by atoms with van der Waals surface area (Å²) in [5.74, 6) is 0.104. The number of amides is 1. The summed E-state index contributed by atoms with van der Waals surface area (Å²) in [7, 11) is 0. The third-order valence-electron chi connectivity index (χ3n) is 2.12. The van der Waals surface area contributed by atoms with E-state index in [0.717, 1.165) is 26.1 Å². The van der Waals surface area contributed by atoms with Crippen molar-refractivity contribution in [3.8, 4) is 0 Å². The summed E-state index contributed by atoms with van der Waals surface area (Å²) in [4.78, 5) is 13.1. The molecule has 1 amide bonds. The van der Waals surface area contributed by atoms with Crippen LogP contribution in [0.5, 0.6) is 0 Å². The van der Waals surface area contributed by atoms with Crippen molar-refractivity contribution in [2.24, 2.45) is 0 Å². The summed E-state index contributed by atoms with van der Waals surface area (Å²) >= 11 is 0. The molecule has 2 N–H and O–H groups in total. The lowest BCUT2D eigenvalue weighted by atomic mass is 10.3. The first kappa shape index (κ1) is 11.4. The molecule has 0 atom stereocenters. The first-order chi connectivity index (χ1) is 6.83. The Labute approximate surface area is 84.0 Å². The van der Waals surface area contributed by atoms with Gasteiger partial charge in [0.1, 0.15) is 0 Å². The van der Waals surface area contributed by atoms with E-state index in [-0.39, 0.29) is 12.5 Å². The molecule has 0 aromatic heterocycles. The van der Waals surface area contributed by atoms with E-state index in [0.29, 0.717) is 19.8 Å². The van der Waals surface area contributed by atoms with Gasteiger partial charge < -0.3 is 15.2 Å². The van der Waals surface area contributed by atoms with E-state index in [4.69, 9.17) is 9.84 Å². The molecule has 1 heterocycles. The number of aliphatic hydroxyl groups is 1. The van der Waals surface area contributed by atoms with Gasteiger partial charge in [0.05, 0.1) is 19.8 Å². The van der Waals surface area contributed by atoms with E-state index in [9.17, 15) is 4.79 Å². The highest BCUT2D eigenvalue weighted by molar-refractivity contribution is 5.78. The molecular formula is C9H18N2O3. The van der Waals surface area contributed by atoms with Gasteiger partial charge in [0, 0.05) is 26.2 Å². The Hall–Kier alpha value is -0.650. The zero-order chi connectivity index (χ0) is 10.2. The first-order valence-electron chi connectivity index (χ1n) is 5.00. The second kappa shape index (κ2) is 6.75. The lowest BCUT2D eigenvalue weighted by Crippen LogP contribution is -2.47. The fourth-order valence-electron chi connectivity index (χ4n) is 1.44. The first-order valence-corrected chi connectivity index (χ1v) is 5.00. The van der Waals surface area contributed by atoms with Gasteiger partial charge in [-0.25, -0.2) is 0 Å². The number of aliphatic hydroxyl groups excluding tert-OH is 1. The van der Waals surface area contributed by atoms with E-state index < -0.39 is 0 Å². The topological polar surface area (TPSA) is 61.8 Å². The molecule has 0 radical (unpaired) electrons. The number of hydrogen-bond acceptors (Lipinski definition) is 4. The van der Waals surface area contributed by atoms with Gasteiger partial charge in [0.25, 0.3) is 0 Å². The maximum atomic E-state index is 11.0. The Morgan fingerprint density at radius 2 is 2.36 bits per heavy atom. The van der Waals surface area contributed by atoms with E-state index in [1.165, 1.54) is 0 Å². The van der Waals surface area contributed by atoms with Crippen LogP contribution >= 0.6 is 0 Å².